The van der Waals surface area contributed by atoms with Gasteiger partial charge >= 0.3 is 0 Å². The second-order valence-electron chi connectivity index (χ2n) is 4.54. The number of nitrogens with one attached hydrogen (secondary N) is 1. The van der Waals surface area contributed by atoms with Gasteiger partial charge in [-0.3, -0.25) is 4.79 Å². The normalized spacial score (nSPS) is 16.6. The lowest BCUT2D eigenvalue weighted by molar-refractivity contribution is -0.115. The molecule has 0 unspecified atom stereocenters. The Kier molecular flexibility index (Phi) is 3.33. The predicted molar refractivity (Wildman–Crippen MR) is 93.6 cm³/mol. The van der Waals surface area contributed by atoms with Crippen molar-refractivity contribution >= 4 is 61.8 Å². The van der Waals surface area contributed by atoms with Gasteiger partial charge < -0.3 is 9.73 Å². The zero-order valence-electron chi connectivity index (χ0n) is 11.0. The van der Waals surface area contributed by atoms with Gasteiger partial charge in [0.2, 0.25) is 0 Å². The molecule has 2 aromatic heterocycles. The van der Waals surface area contributed by atoms with Crippen LogP contribution in [0.2, 0.25) is 0 Å². The predicted octanol–water partition coefficient (Wildman–Crippen LogP) is 4.05. The molecule has 3 aromatic rings. The molecule has 1 aliphatic rings. The second kappa shape index (κ2) is 5.35. The number of carbonyl (C=O) groups is 1. The summed E-state index contributed by atoms with van der Waals surface area (Å²) in [6, 6.07) is 11.6. The van der Waals surface area contributed by atoms with E-state index >= 15 is 0 Å². The van der Waals surface area contributed by atoms with Gasteiger partial charge in [0.1, 0.15) is 10.1 Å². The van der Waals surface area contributed by atoms with Crippen molar-refractivity contribution in [3.05, 3.63) is 47.1 Å². The summed E-state index contributed by atoms with van der Waals surface area (Å²) in [7, 11) is 0. The molecule has 1 aromatic carbocycles. The molecular weight excluding hydrogens is 336 g/mol. The number of thioether (sulfide) groups is 1. The van der Waals surface area contributed by atoms with Crippen molar-refractivity contribution in [2.75, 3.05) is 0 Å². The zero-order chi connectivity index (χ0) is 15.1. The number of thiazole rings is 1. The molecule has 3 heterocycles. The minimum absolute atomic E-state index is 0.187. The summed E-state index contributed by atoms with van der Waals surface area (Å²) in [5, 5.41) is 3.40. The van der Waals surface area contributed by atoms with E-state index in [0.29, 0.717) is 20.7 Å². The molecule has 0 atom stereocenters. The Morgan fingerprint density at radius 3 is 2.86 bits per heavy atom. The second-order valence-corrected chi connectivity index (χ2v) is 7.29. The lowest BCUT2D eigenvalue weighted by Gasteiger charge is -1.90. The van der Waals surface area contributed by atoms with Crippen LogP contribution in [0.3, 0.4) is 0 Å². The van der Waals surface area contributed by atoms with Crippen LogP contribution in [0.15, 0.2) is 45.7 Å². The Morgan fingerprint density at radius 2 is 2.09 bits per heavy atom. The van der Waals surface area contributed by atoms with Crippen molar-refractivity contribution < 1.29 is 9.21 Å². The molecule has 22 heavy (non-hydrogen) atoms. The van der Waals surface area contributed by atoms with Crippen molar-refractivity contribution in [1.29, 1.82) is 0 Å². The number of thiocarbonyl (C=S) groups is 1. The molecule has 1 amide bonds. The number of furan rings is 1. The Labute approximate surface area is 139 Å². The van der Waals surface area contributed by atoms with Crippen LogP contribution in [-0.4, -0.2) is 15.2 Å². The standard InChI is InChI=1S/C15H8N2O2S3/c18-13-12(22-15(20)17-13)7-8-5-6-10(19-8)14-16-9-3-1-2-4-11(9)21-14/h1-7H,(H,17,18,20). The molecule has 0 aliphatic carbocycles. The fraction of sp³-hybridized carbons (Fsp3) is 0. The average Bonchev–Trinajstić information content (AvgIpc) is 3.18. The largest absolute Gasteiger partial charge is 0.454 e. The van der Waals surface area contributed by atoms with E-state index in [2.05, 4.69) is 10.3 Å². The Bertz CT molecular complexity index is 906. The molecule has 1 N–H and O–H groups in total. The van der Waals surface area contributed by atoms with Crippen molar-refractivity contribution in [1.82, 2.24) is 10.3 Å². The van der Waals surface area contributed by atoms with E-state index in [-0.39, 0.29) is 5.91 Å². The number of benzene rings is 1. The number of carbonyl (C=O) groups excluding carboxylic acids is 1. The molecule has 1 saturated heterocycles. The Balaban J connectivity index is 1.68. The number of fused-ring (bicyclic) bond motifs is 1. The molecule has 0 bridgehead atoms. The molecule has 0 spiro atoms. The number of hydrogen-bond acceptors (Lipinski definition) is 6. The average molecular weight is 344 g/mol. The molecule has 7 heteroatoms. The van der Waals surface area contributed by atoms with Crippen molar-refractivity contribution in [2.45, 2.75) is 0 Å². The van der Waals surface area contributed by atoms with E-state index in [1.54, 1.807) is 17.4 Å². The minimum atomic E-state index is -0.187. The molecule has 108 valence electrons. The van der Waals surface area contributed by atoms with Crippen molar-refractivity contribution in [3.8, 4) is 10.8 Å². The summed E-state index contributed by atoms with van der Waals surface area (Å²) in [4.78, 5) is 16.7. The summed E-state index contributed by atoms with van der Waals surface area (Å²) < 4.78 is 7.36. The minimum Gasteiger partial charge on any atom is -0.454 e. The topological polar surface area (TPSA) is 55.1 Å². The van der Waals surface area contributed by atoms with Gasteiger partial charge in [0.05, 0.1) is 15.1 Å². The monoisotopic (exact) mass is 344 g/mol. The third-order valence-electron chi connectivity index (χ3n) is 3.05. The summed E-state index contributed by atoms with van der Waals surface area (Å²) >= 11 is 7.77. The lowest BCUT2D eigenvalue weighted by Crippen LogP contribution is -2.17. The van der Waals surface area contributed by atoms with Gasteiger partial charge in [-0.15, -0.1) is 11.3 Å². The first-order chi connectivity index (χ1) is 10.7. The van der Waals surface area contributed by atoms with E-state index in [0.717, 1.165) is 15.2 Å². The van der Waals surface area contributed by atoms with Crippen LogP contribution in [-0.2, 0) is 4.79 Å². The number of rotatable bonds is 2. The fourth-order valence-corrected chi connectivity index (χ4v) is 4.02. The van der Waals surface area contributed by atoms with Gasteiger partial charge in [0, 0.05) is 6.08 Å². The smallest absolute Gasteiger partial charge is 0.263 e. The number of nitrogens with zero attached hydrogens (tertiary/aromatic N) is 1. The fourth-order valence-electron chi connectivity index (χ4n) is 2.07. The van der Waals surface area contributed by atoms with Gasteiger partial charge in [-0.1, -0.05) is 36.1 Å². The first-order valence-electron chi connectivity index (χ1n) is 6.40. The van der Waals surface area contributed by atoms with Gasteiger partial charge in [0.15, 0.2) is 10.8 Å². The number of amides is 1. The van der Waals surface area contributed by atoms with Crippen LogP contribution in [0.5, 0.6) is 0 Å². The molecule has 1 fully saturated rings. The maximum absolute atomic E-state index is 11.6. The van der Waals surface area contributed by atoms with Crippen molar-refractivity contribution in [2.24, 2.45) is 0 Å². The number of aromatic nitrogens is 1. The highest BCUT2D eigenvalue weighted by atomic mass is 32.2. The van der Waals surface area contributed by atoms with E-state index < -0.39 is 0 Å². The molecule has 4 nitrogen and oxygen atoms in total. The summed E-state index contributed by atoms with van der Waals surface area (Å²) in [5.74, 6) is 1.11. The summed E-state index contributed by atoms with van der Waals surface area (Å²) in [6.07, 6.45) is 1.69. The van der Waals surface area contributed by atoms with Gasteiger partial charge in [0.25, 0.3) is 5.91 Å². The first kappa shape index (κ1) is 13.7. The SMILES string of the molecule is O=C1NC(=S)SC1=Cc1ccc(-c2nc3ccccc3s2)o1. The highest BCUT2D eigenvalue weighted by molar-refractivity contribution is 8.26. The highest BCUT2D eigenvalue weighted by Gasteiger charge is 2.22. The Hall–Kier alpha value is -1.96. The number of hydrogen-bond donors (Lipinski definition) is 1. The van der Waals surface area contributed by atoms with Crippen LogP contribution in [0.4, 0.5) is 0 Å². The van der Waals surface area contributed by atoms with Gasteiger partial charge in [-0.05, 0) is 24.3 Å². The number of para-hydroxylation sites is 1. The molecular formula is C15H8N2O2S3. The maximum Gasteiger partial charge on any atom is 0.263 e. The van der Waals surface area contributed by atoms with Crippen LogP contribution in [0, 0.1) is 0 Å². The van der Waals surface area contributed by atoms with Gasteiger partial charge in [-0.25, -0.2) is 4.98 Å². The Morgan fingerprint density at radius 1 is 1.23 bits per heavy atom. The van der Waals surface area contributed by atoms with Gasteiger partial charge in [-0.2, -0.15) is 0 Å². The summed E-state index contributed by atoms with van der Waals surface area (Å²) in [6.45, 7) is 0. The molecule has 4 rings (SSSR count). The molecule has 0 radical (unpaired) electrons. The van der Waals surface area contributed by atoms with Crippen LogP contribution >= 0.6 is 35.3 Å². The van der Waals surface area contributed by atoms with E-state index in [4.69, 9.17) is 16.6 Å². The van der Waals surface area contributed by atoms with Crippen LogP contribution in [0.25, 0.3) is 27.1 Å². The van der Waals surface area contributed by atoms with E-state index in [1.165, 1.54) is 11.8 Å². The van der Waals surface area contributed by atoms with E-state index in [9.17, 15) is 4.79 Å². The summed E-state index contributed by atoms with van der Waals surface area (Å²) in [5.41, 5.74) is 0.954. The van der Waals surface area contributed by atoms with Crippen molar-refractivity contribution in [3.63, 3.8) is 0 Å². The quantitative estimate of drug-likeness (QED) is 0.561. The maximum atomic E-state index is 11.6. The molecule has 1 aliphatic heterocycles. The van der Waals surface area contributed by atoms with Crippen LogP contribution < -0.4 is 5.32 Å². The highest BCUT2D eigenvalue weighted by Crippen LogP contribution is 2.32. The van der Waals surface area contributed by atoms with E-state index in [1.807, 2.05) is 36.4 Å². The van der Waals surface area contributed by atoms with Crippen LogP contribution in [0.1, 0.15) is 5.76 Å². The molecule has 0 saturated carbocycles. The third-order valence-corrected chi connectivity index (χ3v) is 5.26. The third kappa shape index (κ3) is 2.47. The lowest BCUT2D eigenvalue weighted by atomic mass is 10.3. The zero-order valence-corrected chi connectivity index (χ0v) is 13.5. The first-order valence-corrected chi connectivity index (χ1v) is 8.44.